The van der Waals surface area contributed by atoms with E-state index in [0.717, 1.165) is 12.1 Å². The molecule has 0 unspecified atom stereocenters. The largest absolute Gasteiger partial charge is 0.508 e. The average Bonchev–Trinajstić information content (AvgIpc) is 2.36. The van der Waals surface area contributed by atoms with E-state index in [1.54, 1.807) is 12.1 Å². The Morgan fingerprint density at radius 3 is 2.35 bits per heavy atom. The summed E-state index contributed by atoms with van der Waals surface area (Å²) < 4.78 is 42.6. The first-order valence-electron chi connectivity index (χ1n) is 5.67. The Bertz CT molecular complexity index is 609. The Morgan fingerprint density at radius 2 is 1.75 bits per heavy atom. The number of benzene rings is 2. The molecule has 0 aliphatic heterocycles. The SMILES string of the molecule is Oc1cccc(OCc2ccc(C(F)(F)F)cc2O)c1. The minimum Gasteiger partial charge on any atom is -0.508 e. The maximum absolute atomic E-state index is 12.4. The Kier molecular flexibility index (Phi) is 3.74. The lowest BCUT2D eigenvalue weighted by Gasteiger charge is -2.11. The van der Waals surface area contributed by atoms with Crippen LogP contribution in [0, 0.1) is 0 Å². The van der Waals surface area contributed by atoms with Gasteiger partial charge in [0.15, 0.2) is 0 Å². The van der Waals surface area contributed by atoms with Crippen LogP contribution in [0.4, 0.5) is 13.2 Å². The fourth-order valence-electron chi connectivity index (χ4n) is 1.60. The molecule has 6 heteroatoms. The number of rotatable bonds is 3. The molecule has 0 atom stereocenters. The topological polar surface area (TPSA) is 49.7 Å². The van der Waals surface area contributed by atoms with Gasteiger partial charge in [-0.1, -0.05) is 12.1 Å². The van der Waals surface area contributed by atoms with Crippen LogP contribution in [-0.2, 0) is 12.8 Å². The summed E-state index contributed by atoms with van der Waals surface area (Å²) in [6.07, 6.45) is -4.50. The van der Waals surface area contributed by atoms with Crippen LogP contribution in [0.25, 0.3) is 0 Å². The third kappa shape index (κ3) is 3.34. The molecule has 2 rings (SSSR count). The number of hydrogen-bond donors (Lipinski definition) is 2. The zero-order valence-electron chi connectivity index (χ0n) is 10.2. The van der Waals surface area contributed by atoms with Crippen molar-refractivity contribution in [2.24, 2.45) is 0 Å². The molecule has 2 aromatic carbocycles. The molecule has 0 radical (unpaired) electrons. The van der Waals surface area contributed by atoms with Crippen molar-refractivity contribution in [1.82, 2.24) is 0 Å². The Hall–Kier alpha value is -2.37. The highest BCUT2D eigenvalue weighted by Crippen LogP contribution is 2.33. The number of phenols is 2. The predicted octanol–water partition coefficient (Wildman–Crippen LogP) is 3.70. The third-order valence-electron chi connectivity index (χ3n) is 2.62. The molecule has 0 fully saturated rings. The maximum Gasteiger partial charge on any atom is 0.416 e. The average molecular weight is 284 g/mol. The number of ether oxygens (including phenoxy) is 1. The maximum atomic E-state index is 12.4. The summed E-state index contributed by atoms with van der Waals surface area (Å²) in [7, 11) is 0. The Balaban J connectivity index is 2.11. The van der Waals surface area contributed by atoms with Crippen LogP contribution >= 0.6 is 0 Å². The van der Waals surface area contributed by atoms with Crippen molar-refractivity contribution in [3.63, 3.8) is 0 Å². The van der Waals surface area contributed by atoms with Crippen LogP contribution in [0.3, 0.4) is 0 Å². The number of aromatic hydroxyl groups is 2. The van der Waals surface area contributed by atoms with Gasteiger partial charge in [0.05, 0.1) is 5.56 Å². The van der Waals surface area contributed by atoms with Gasteiger partial charge in [0.1, 0.15) is 23.9 Å². The van der Waals surface area contributed by atoms with Gasteiger partial charge in [-0.25, -0.2) is 0 Å². The smallest absolute Gasteiger partial charge is 0.416 e. The Morgan fingerprint density at radius 1 is 1.00 bits per heavy atom. The van der Waals surface area contributed by atoms with Crippen molar-refractivity contribution in [1.29, 1.82) is 0 Å². The second-order valence-electron chi connectivity index (χ2n) is 4.13. The van der Waals surface area contributed by atoms with E-state index in [9.17, 15) is 23.4 Å². The van der Waals surface area contributed by atoms with Gasteiger partial charge in [-0.2, -0.15) is 13.2 Å². The molecule has 0 spiro atoms. The zero-order chi connectivity index (χ0) is 14.8. The van der Waals surface area contributed by atoms with Crippen molar-refractivity contribution in [2.45, 2.75) is 12.8 Å². The predicted molar refractivity (Wildman–Crippen MR) is 65.5 cm³/mol. The van der Waals surface area contributed by atoms with E-state index in [0.29, 0.717) is 11.8 Å². The van der Waals surface area contributed by atoms with Gasteiger partial charge in [-0.15, -0.1) is 0 Å². The molecule has 2 aromatic rings. The van der Waals surface area contributed by atoms with Gasteiger partial charge in [0.2, 0.25) is 0 Å². The number of alkyl halides is 3. The monoisotopic (exact) mass is 284 g/mol. The van der Waals surface area contributed by atoms with Crippen LogP contribution in [0.15, 0.2) is 42.5 Å². The van der Waals surface area contributed by atoms with Crippen molar-refractivity contribution >= 4 is 0 Å². The lowest BCUT2D eigenvalue weighted by Crippen LogP contribution is -2.05. The summed E-state index contributed by atoms with van der Waals surface area (Å²) >= 11 is 0. The van der Waals surface area contributed by atoms with Crippen molar-refractivity contribution in [3.8, 4) is 17.2 Å². The summed E-state index contributed by atoms with van der Waals surface area (Å²) in [6, 6.07) is 8.66. The number of hydrogen-bond acceptors (Lipinski definition) is 3. The lowest BCUT2D eigenvalue weighted by atomic mass is 10.1. The first-order valence-corrected chi connectivity index (χ1v) is 5.67. The normalized spacial score (nSPS) is 11.3. The second-order valence-corrected chi connectivity index (χ2v) is 4.13. The van der Waals surface area contributed by atoms with Gasteiger partial charge >= 0.3 is 6.18 Å². The summed E-state index contributed by atoms with van der Waals surface area (Å²) in [5.41, 5.74) is -0.697. The highest BCUT2D eigenvalue weighted by Gasteiger charge is 2.31. The highest BCUT2D eigenvalue weighted by atomic mass is 19.4. The standard InChI is InChI=1S/C14H11F3O3/c15-14(16,17)10-5-4-9(13(19)6-10)8-20-12-3-1-2-11(18)7-12/h1-7,18-19H,8H2. The fraction of sp³-hybridized carbons (Fsp3) is 0.143. The molecule has 20 heavy (non-hydrogen) atoms. The fourth-order valence-corrected chi connectivity index (χ4v) is 1.60. The molecule has 0 bridgehead atoms. The second kappa shape index (κ2) is 5.32. The molecule has 0 heterocycles. The molecule has 0 amide bonds. The first-order chi connectivity index (χ1) is 9.36. The summed E-state index contributed by atoms with van der Waals surface area (Å²) in [4.78, 5) is 0. The molecule has 106 valence electrons. The molecule has 0 saturated heterocycles. The van der Waals surface area contributed by atoms with Crippen molar-refractivity contribution in [2.75, 3.05) is 0 Å². The molecule has 0 aliphatic rings. The molecular formula is C14H11F3O3. The number of halogens is 3. The molecule has 3 nitrogen and oxygen atoms in total. The van der Waals surface area contributed by atoms with E-state index in [1.807, 2.05) is 0 Å². The van der Waals surface area contributed by atoms with Gasteiger partial charge in [-0.3, -0.25) is 0 Å². The van der Waals surface area contributed by atoms with Gasteiger partial charge in [-0.05, 0) is 24.3 Å². The zero-order valence-corrected chi connectivity index (χ0v) is 10.2. The van der Waals surface area contributed by atoms with E-state index < -0.39 is 17.5 Å². The van der Waals surface area contributed by atoms with E-state index in [1.165, 1.54) is 12.1 Å². The minimum absolute atomic E-state index is 0.0131. The van der Waals surface area contributed by atoms with Crippen LogP contribution in [0.1, 0.15) is 11.1 Å². The van der Waals surface area contributed by atoms with Crippen LogP contribution < -0.4 is 4.74 Å². The van der Waals surface area contributed by atoms with Crippen LogP contribution in [0.5, 0.6) is 17.2 Å². The van der Waals surface area contributed by atoms with Crippen molar-refractivity contribution < 1.29 is 28.1 Å². The molecule has 0 aliphatic carbocycles. The molecule has 2 N–H and O–H groups in total. The van der Waals surface area contributed by atoms with Crippen LogP contribution in [0.2, 0.25) is 0 Å². The van der Waals surface area contributed by atoms with Crippen LogP contribution in [-0.4, -0.2) is 10.2 Å². The minimum atomic E-state index is -4.50. The molecule has 0 aromatic heterocycles. The van der Waals surface area contributed by atoms with E-state index in [2.05, 4.69) is 0 Å². The highest BCUT2D eigenvalue weighted by molar-refractivity contribution is 5.38. The van der Waals surface area contributed by atoms with Gasteiger partial charge < -0.3 is 14.9 Å². The summed E-state index contributed by atoms with van der Waals surface area (Å²) in [6.45, 7) is -0.104. The van der Waals surface area contributed by atoms with Gasteiger partial charge in [0, 0.05) is 11.6 Å². The Labute approximate surface area is 112 Å². The number of phenolic OH excluding ortho intramolecular Hbond substituents is 2. The summed E-state index contributed by atoms with van der Waals surface area (Å²) in [5, 5.41) is 18.8. The van der Waals surface area contributed by atoms with Gasteiger partial charge in [0.25, 0.3) is 0 Å². The van der Waals surface area contributed by atoms with E-state index in [-0.39, 0.29) is 17.9 Å². The van der Waals surface area contributed by atoms with E-state index >= 15 is 0 Å². The first kappa shape index (κ1) is 14.0. The van der Waals surface area contributed by atoms with E-state index in [4.69, 9.17) is 4.74 Å². The summed E-state index contributed by atoms with van der Waals surface area (Å²) in [5.74, 6) is -0.122. The lowest BCUT2D eigenvalue weighted by molar-refractivity contribution is -0.137. The third-order valence-corrected chi connectivity index (χ3v) is 2.62. The van der Waals surface area contributed by atoms with Crippen molar-refractivity contribution in [3.05, 3.63) is 53.6 Å². The molecule has 0 saturated carbocycles. The molecular weight excluding hydrogens is 273 g/mol. The quantitative estimate of drug-likeness (QED) is 0.903.